The highest BCUT2D eigenvalue weighted by atomic mass is 32.2. The Morgan fingerprint density at radius 2 is 1.00 bits per heavy atom. The van der Waals surface area contributed by atoms with Crippen molar-refractivity contribution in [2.45, 2.75) is 9.79 Å². The Hall–Kier alpha value is -1.04. The minimum atomic E-state index is -0.277. The van der Waals surface area contributed by atoms with Gasteiger partial charge >= 0.3 is 0 Å². The minimum Gasteiger partial charge on any atom is -0.237 e. The van der Waals surface area contributed by atoms with Crippen LogP contribution in [0.25, 0.3) is 0 Å². The number of benzene rings is 2. The summed E-state index contributed by atoms with van der Waals surface area (Å²) < 4.78 is 30.5. The first-order valence-corrected chi connectivity index (χ1v) is 6.25. The largest absolute Gasteiger partial charge is 0.237 e. The van der Waals surface area contributed by atoms with Gasteiger partial charge in [-0.2, -0.15) is 0 Å². The molecule has 17 heavy (non-hydrogen) atoms. The van der Waals surface area contributed by atoms with Gasteiger partial charge in [0.05, 0.1) is 0 Å². The van der Waals surface area contributed by atoms with E-state index in [1.807, 2.05) is 0 Å². The third-order valence-corrected chi connectivity index (χ3v) is 3.36. The van der Waals surface area contributed by atoms with E-state index in [2.05, 4.69) is 0 Å². The van der Waals surface area contributed by atoms with Gasteiger partial charge in [0.2, 0.25) is 0 Å². The van der Waals surface area contributed by atoms with Crippen LogP contribution in [0.2, 0.25) is 0 Å². The van der Waals surface area contributed by atoms with Crippen LogP contribution in [0.3, 0.4) is 0 Å². The highest BCUT2D eigenvalue weighted by Gasteiger charge is 1.99. The number of rotatable bonds is 4. The molecule has 2 aromatic rings. The van der Waals surface area contributed by atoms with Gasteiger partial charge in [-0.25, -0.2) is 12.4 Å². The van der Waals surface area contributed by atoms with E-state index in [4.69, 9.17) is 3.63 Å². The molecule has 0 unspecified atom stereocenters. The van der Waals surface area contributed by atoms with Gasteiger partial charge in [0.25, 0.3) is 0 Å². The molecular weight excluding hydrogens is 262 g/mol. The van der Waals surface area contributed by atoms with E-state index in [0.29, 0.717) is 0 Å². The molecule has 0 bridgehead atoms. The monoisotopic (exact) mass is 270 g/mol. The van der Waals surface area contributed by atoms with Gasteiger partial charge in [-0.3, -0.25) is 0 Å². The van der Waals surface area contributed by atoms with Crippen molar-refractivity contribution in [1.82, 2.24) is 0 Å². The highest BCUT2D eigenvalue weighted by molar-refractivity contribution is 8.07. The number of hydrogen-bond acceptors (Lipinski definition) is 3. The van der Waals surface area contributed by atoms with Crippen LogP contribution < -0.4 is 0 Å². The molecule has 5 heteroatoms. The molecule has 88 valence electrons. The van der Waals surface area contributed by atoms with Gasteiger partial charge < -0.3 is 0 Å². The van der Waals surface area contributed by atoms with Crippen LogP contribution in [0.15, 0.2) is 58.3 Å². The summed E-state index contributed by atoms with van der Waals surface area (Å²) in [6.07, 6.45) is 0. The summed E-state index contributed by atoms with van der Waals surface area (Å²) in [7, 11) is 0. The third-order valence-electron chi connectivity index (χ3n) is 1.89. The quantitative estimate of drug-likeness (QED) is 0.745. The van der Waals surface area contributed by atoms with E-state index in [1.54, 1.807) is 24.3 Å². The molecule has 0 N–H and O–H groups in total. The molecule has 0 aliphatic heterocycles. The molecule has 2 rings (SSSR count). The average Bonchev–Trinajstić information content (AvgIpc) is 2.34. The summed E-state index contributed by atoms with van der Waals surface area (Å²) in [5.74, 6) is -0.555. The lowest BCUT2D eigenvalue weighted by Gasteiger charge is -2.01. The van der Waals surface area contributed by atoms with Crippen molar-refractivity contribution >= 4 is 24.1 Å². The van der Waals surface area contributed by atoms with Crippen LogP contribution in [0.4, 0.5) is 8.78 Å². The van der Waals surface area contributed by atoms with Crippen LogP contribution in [0, 0.1) is 11.6 Å². The summed E-state index contributed by atoms with van der Waals surface area (Å²) >= 11 is 2.26. The van der Waals surface area contributed by atoms with Crippen molar-refractivity contribution in [1.29, 1.82) is 0 Å². The Morgan fingerprint density at radius 1 is 0.647 bits per heavy atom. The predicted molar refractivity (Wildman–Crippen MR) is 65.6 cm³/mol. The molecule has 0 heterocycles. The van der Waals surface area contributed by atoms with E-state index in [-0.39, 0.29) is 11.6 Å². The maximum atomic E-state index is 12.6. The fourth-order valence-electron chi connectivity index (χ4n) is 1.08. The molecule has 0 spiro atoms. The van der Waals surface area contributed by atoms with E-state index in [0.717, 1.165) is 33.9 Å². The first-order valence-electron chi connectivity index (χ1n) is 4.76. The van der Waals surface area contributed by atoms with Crippen molar-refractivity contribution in [3.8, 4) is 0 Å². The first-order chi connectivity index (χ1) is 8.24. The van der Waals surface area contributed by atoms with E-state index in [9.17, 15) is 8.78 Å². The minimum absolute atomic E-state index is 0.277. The lowest BCUT2D eigenvalue weighted by atomic mass is 10.4. The topological polar surface area (TPSA) is 9.23 Å². The normalized spacial score (nSPS) is 10.5. The van der Waals surface area contributed by atoms with Crippen LogP contribution in [0.1, 0.15) is 0 Å². The molecule has 0 saturated heterocycles. The van der Waals surface area contributed by atoms with Gasteiger partial charge in [-0.05, 0) is 48.5 Å². The first kappa shape index (κ1) is 12.4. The second kappa shape index (κ2) is 6.05. The molecule has 0 aliphatic rings. The standard InChI is InChI=1S/C12H8F2OS2/c13-9-1-5-11(6-2-9)16-15-17-12-7-3-10(14)4-8-12/h1-8H. The SMILES string of the molecule is Fc1ccc(SOSc2ccc(F)cc2)cc1. The zero-order valence-corrected chi connectivity index (χ0v) is 10.2. The molecule has 0 saturated carbocycles. The molecule has 0 atom stereocenters. The van der Waals surface area contributed by atoms with Crippen LogP contribution in [0.5, 0.6) is 0 Å². The molecular formula is C12H8F2OS2. The molecule has 0 aliphatic carbocycles. The smallest absolute Gasteiger partial charge is 0.123 e. The van der Waals surface area contributed by atoms with Gasteiger partial charge in [-0.1, -0.05) is 0 Å². The molecule has 0 fully saturated rings. The van der Waals surface area contributed by atoms with Crippen molar-refractivity contribution in [2.24, 2.45) is 0 Å². The zero-order chi connectivity index (χ0) is 12.1. The third kappa shape index (κ3) is 4.03. The van der Waals surface area contributed by atoms with E-state index in [1.165, 1.54) is 24.3 Å². The maximum absolute atomic E-state index is 12.6. The second-order valence-electron chi connectivity index (χ2n) is 3.14. The Morgan fingerprint density at radius 3 is 1.35 bits per heavy atom. The molecule has 0 amide bonds. The van der Waals surface area contributed by atoms with Crippen molar-refractivity contribution in [2.75, 3.05) is 0 Å². The van der Waals surface area contributed by atoms with Crippen molar-refractivity contribution in [3.05, 3.63) is 60.2 Å². The summed E-state index contributed by atoms with van der Waals surface area (Å²) in [6.45, 7) is 0. The predicted octanol–water partition coefficient (Wildman–Crippen LogP) is 4.70. The Bertz CT molecular complexity index is 425. The summed E-state index contributed by atoms with van der Waals surface area (Å²) in [4.78, 5) is 1.61. The van der Waals surface area contributed by atoms with Crippen LogP contribution in [-0.2, 0) is 3.63 Å². The van der Waals surface area contributed by atoms with Crippen LogP contribution in [-0.4, -0.2) is 0 Å². The fourth-order valence-corrected chi connectivity index (χ4v) is 2.33. The zero-order valence-electron chi connectivity index (χ0n) is 8.60. The summed E-state index contributed by atoms with van der Waals surface area (Å²) in [5.41, 5.74) is 0. The lowest BCUT2D eigenvalue weighted by molar-refractivity contribution is 0.626. The van der Waals surface area contributed by atoms with Crippen LogP contribution >= 0.6 is 24.1 Å². The highest BCUT2D eigenvalue weighted by Crippen LogP contribution is 2.29. The van der Waals surface area contributed by atoms with Crippen molar-refractivity contribution in [3.63, 3.8) is 0 Å². The second-order valence-corrected chi connectivity index (χ2v) is 4.96. The Kier molecular flexibility index (Phi) is 4.42. The van der Waals surface area contributed by atoms with Gasteiger partial charge in [0, 0.05) is 33.9 Å². The Balaban J connectivity index is 1.83. The summed E-state index contributed by atoms with van der Waals surface area (Å²) in [6, 6.07) is 12.0. The fraction of sp³-hybridized carbons (Fsp3) is 0. The van der Waals surface area contributed by atoms with Gasteiger partial charge in [0.15, 0.2) is 0 Å². The Labute approximate surface area is 107 Å². The van der Waals surface area contributed by atoms with Gasteiger partial charge in [-0.15, -0.1) is 0 Å². The van der Waals surface area contributed by atoms with Crippen molar-refractivity contribution < 1.29 is 12.4 Å². The lowest BCUT2D eigenvalue weighted by Crippen LogP contribution is -1.76. The average molecular weight is 270 g/mol. The van der Waals surface area contributed by atoms with E-state index >= 15 is 0 Å². The van der Waals surface area contributed by atoms with Gasteiger partial charge in [0.1, 0.15) is 11.6 Å². The molecule has 0 radical (unpaired) electrons. The maximum Gasteiger partial charge on any atom is 0.123 e. The molecule has 0 aromatic heterocycles. The number of hydrogen-bond donors (Lipinski definition) is 0. The summed E-state index contributed by atoms with van der Waals surface area (Å²) in [5, 5.41) is 0. The molecule has 1 nitrogen and oxygen atoms in total. The number of halogens is 2. The van der Waals surface area contributed by atoms with E-state index < -0.39 is 0 Å². The molecule has 2 aromatic carbocycles.